The van der Waals surface area contributed by atoms with E-state index in [4.69, 9.17) is 11.8 Å². The largest absolute Gasteiger partial charge is 0.312 e. The third kappa shape index (κ3) is 2.77. The molecule has 4 nitrogen and oxygen atoms in total. The molecular formula is C15H15ClN2O2S. The molecule has 0 saturated carbocycles. The van der Waals surface area contributed by atoms with Crippen LogP contribution in [0.4, 0.5) is 5.69 Å². The maximum atomic E-state index is 12.6. The molecule has 0 unspecified atom stereocenters. The quantitative estimate of drug-likeness (QED) is 0.884. The summed E-state index contributed by atoms with van der Waals surface area (Å²) in [4.78, 5) is 0.212. The lowest BCUT2D eigenvalue weighted by Gasteiger charge is -2.20. The third-order valence-corrected chi connectivity index (χ3v) is 5.76. The van der Waals surface area contributed by atoms with Crippen LogP contribution in [0.3, 0.4) is 0 Å². The summed E-state index contributed by atoms with van der Waals surface area (Å²) in [5.41, 5.74) is 2.63. The fourth-order valence-corrected chi connectivity index (χ4v) is 3.86. The smallest absolute Gasteiger partial charge is 0.278 e. The van der Waals surface area contributed by atoms with Crippen LogP contribution in [0.5, 0.6) is 0 Å². The van der Waals surface area contributed by atoms with Gasteiger partial charge in [0.1, 0.15) is 0 Å². The highest BCUT2D eigenvalue weighted by Gasteiger charge is 2.24. The lowest BCUT2D eigenvalue weighted by molar-refractivity contribution is 0.596. The normalized spacial score (nSPS) is 14.5. The summed E-state index contributed by atoms with van der Waals surface area (Å²) in [5, 5.41) is 3.24. The summed E-state index contributed by atoms with van der Waals surface area (Å²) in [6.07, 6.45) is 0.916. The lowest BCUT2D eigenvalue weighted by atomic mass is 10.0. The third-order valence-electron chi connectivity index (χ3n) is 3.53. The molecule has 0 fully saturated rings. The number of anilines is 1. The van der Waals surface area contributed by atoms with E-state index in [1.165, 1.54) is 5.56 Å². The van der Waals surface area contributed by atoms with Crippen LogP contribution in [0, 0.1) is 0 Å². The first-order valence-corrected chi connectivity index (χ1v) is 8.45. The van der Waals surface area contributed by atoms with E-state index in [2.05, 4.69) is 5.32 Å². The van der Waals surface area contributed by atoms with Crippen LogP contribution in [-0.2, 0) is 23.0 Å². The van der Waals surface area contributed by atoms with Crippen molar-refractivity contribution in [3.8, 4) is 0 Å². The first-order valence-electron chi connectivity index (χ1n) is 6.68. The molecule has 1 aliphatic heterocycles. The van der Waals surface area contributed by atoms with Crippen LogP contribution < -0.4 is 9.14 Å². The summed E-state index contributed by atoms with van der Waals surface area (Å²) in [5.74, 6) is 0. The summed E-state index contributed by atoms with van der Waals surface area (Å²) < 4.78 is 26.0. The topological polar surface area (TPSA) is 49.4 Å². The SMILES string of the molecule is O=S(=O)(c1ccc2c(c1)CNCC2)N(Cl)c1ccccc1. The van der Waals surface area contributed by atoms with Crippen LogP contribution in [0.1, 0.15) is 11.1 Å². The van der Waals surface area contributed by atoms with Crippen molar-refractivity contribution in [1.29, 1.82) is 0 Å². The number of fused-ring (bicyclic) bond motifs is 1. The summed E-state index contributed by atoms with van der Waals surface area (Å²) in [6, 6.07) is 13.8. The van der Waals surface area contributed by atoms with Gasteiger partial charge in [0.05, 0.1) is 10.6 Å². The van der Waals surface area contributed by atoms with Gasteiger partial charge >= 0.3 is 0 Å². The van der Waals surface area contributed by atoms with Gasteiger partial charge in [0.25, 0.3) is 10.0 Å². The second-order valence-electron chi connectivity index (χ2n) is 4.91. The highest BCUT2D eigenvalue weighted by atomic mass is 35.5. The number of nitrogens with zero attached hydrogens (tertiary/aromatic N) is 1. The van der Waals surface area contributed by atoms with E-state index in [0.29, 0.717) is 12.2 Å². The number of hydrogen-bond acceptors (Lipinski definition) is 3. The average Bonchev–Trinajstić information content (AvgIpc) is 2.54. The Morgan fingerprint density at radius 2 is 1.81 bits per heavy atom. The fourth-order valence-electron chi connectivity index (χ4n) is 2.39. The highest BCUT2D eigenvalue weighted by molar-refractivity contribution is 7.94. The molecule has 0 radical (unpaired) electrons. The van der Waals surface area contributed by atoms with Gasteiger partial charge in [0.15, 0.2) is 0 Å². The van der Waals surface area contributed by atoms with E-state index in [1.54, 1.807) is 36.4 Å². The molecule has 110 valence electrons. The lowest BCUT2D eigenvalue weighted by Crippen LogP contribution is -2.25. The second kappa shape index (κ2) is 5.67. The molecule has 0 amide bonds. The Bertz CT molecular complexity index is 748. The molecule has 21 heavy (non-hydrogen) atoms. The van der Waals surface area contributed by atoms with Gasteiger partial charge in [0.2, 0.25) is 0 Å². The van der Waals surface area contributed by atoms with Crippen molar-refractivity contribution in [3.05, 3.63) is 59.7 Å². The number of halogens is 1. The molecule has 0 atom stereocenters. The first kappa shape index (κ1) is 14.4. The number of benzene rings is 2. The minimum Gasteiger partial charge on any atom is -0.312 e. The average molecular weight is 323 g/mol. The highest BCUT2D eigenvalue weighted by Crippen LogP contribution is 2.27. The minimum absolute atomic E-state index is 0.212. The number of rotatable bonds is 3. The zero-order chi connectivity index (χ0) is 14.9. The van der Waals surface area contributed by atoms with E-state index in [-0.39, 0.29) is 4.90 Å². The van der Waals surface area contributed by atoms with Gasteiger partial charge in [-0.1, -0.05) is 24.3 Å². The van der Waals surface area contributed by atoms with Gasteiger partial charge in [-0.25, -0.2) is 0 Å². The minimum atomic E-state index is -3.75. The number of nitrogens with one attached hydrogen (secondary N) is 1. The summed E-state index contributed by atoms with van der Waals surface area (Å²) in [7, 11) is -3.75. The van der Waals surface area contributed by atoms with Gasteiger partial charge in [-0.2, -0.15) is 12.2 Å². The Morgan fingerprint density at radius 1 is 1.05 bits per heavy atom. The van der Waals surface area contributed by atoms with Crippen molar-refractivity contribution in [2.45, 2.75) is 17.9 Å². The van der Waals surface area contributed by atoms with E-state index in [9.17, 15) is 8.42 Å². The molecule has 0 saturated heterocycles. The number of hydrogen-bond donors (Lipinski definition) is 1. The first-order chi connectivity index (χ1) is 10.1. The molecule has 0 bridgehead atoms. The standard InChI is InChI=1S/C15H15ClN2O2S/c16-18(14-4-2-1-3-5-14)21(19,20)15-7-6-12-8-9-17-11-13(12)10-15/h1-7,10,17H,8-9,11H2. The van der Waals surface area contributed by atoms with Crippen molar-refractivity contribution in [2.75, 3.05) is 10.4 Å². The van der Waals surface area contributed by atoms with Crippen molar-refractivity contribution in [2.24, 2.45) is 0 Å². The van der Waals surface area contributed by atoms with Gasteiger partial charge in [0, 0.05) is 18.3 Å². The fraction of sp³-hybridized carbons (Fsp3) is 0.200. The molecule has 1 aliphatic rings. The zero-order valence-corrected chi connectivity index (χ0v) is 12.9. The van der Waals surface area contributed by atoms with Gasteiger partial charge in [-0.05, 0) is 48.4 Å². The maximum absolute atomic E-state index is 12.6. The van der Waals surface area contributed by atoms with E-state index in [0.717, 1.165) is 22.4 Å². The summed E-state index contributed by atoms with van der Waals surface area (Å²) in [6.45, 7) is 1.61. The van der Waals surface area contributed by atoms with Crippen LogP contribution in [-0.4, -0.2) is 15.0 Å². The summed E-state index contributed by atoms with van der Waals surface area (Å²) >= 11 is 6.05. The Morgan fingerprint density at radius 3 is 2.57 bits per heavy atom. The Hall–Kier alpha value is -1.56. The van der Waals surface area contributed by atoms with Crippen molar-refractivity contribution < 1.29 is 8.42 Å². The van der Waals surface area contributed by atoms with Crippen molar-refractivity contribution >= 4 is 27.5 Å². The van der Waals surface area contributed by atoms with E-state index < -0.39 is 10.0 Å². The van der Waals surface area contributed by atoms with Crippen LogP contribution in [0.25, 0.3) is 0 Å². The van der Waals surface area contributed by atoms with Crippen LogP contribution in [0.2, 0.25) is 0 Å². The zero-order valence-electron chi connectivity index (χ0n) is 11.3. The molecule has 2 aromatic carbocycles. The predicted molar refractivity (Wildman–Crippen MR) is 83.8 cm³/mol. The van der Waals surface area contributed by atoms with Crippen molar-refractivity contribution in [1.82, 2.24) is 5.32 Å². The molecule has 0 aliphatic carbocycles. The van der Waals surface area contributed by atoms with Crippen LogP contribution in [0.15, 0.2) is 53.4 Å². The predicted octanol–water partition coefficient (Wildman–Crippen LogP) is 2.68. The maximum Gasteiger partial charge on any atom is 0.278 e. The second-order valence-corrected chi connectivity index (χ2v) is 7.24. The van der Waals surface area contributed by atoms with E-state index >= 15 is 0 Å². The molecule has 0 aromatic heterocycles. The van der Waals surface area contributed by atoms with Gasteiger partial charge in [-0.3, -0.25) is 0 Å². The molecule has 6 heteroatoms. The molecule has 3 rings (SSSR count). The Kier molecular flexibility index (Phi) is 3.89. The van der Waals surface area contributed by atoms with Gasteiger partial charge < -0.3 is 5.32 Å². The molecule has 1 N–H and O–H groups in total. The number of para-hydroxylation sites is 1. The molecule has 2 aromatic rings. The van der Waals surface area contributed by atoms with Crippen LogP contribution >= 0.6 is 11.8 Å². The van der Waals surface area contributed by atoms with Gasteiger partial charge in [-0.15, -0.1) is 0 Å². The van der Waals surface area contributed by atoms with E-state index in [1.807, 2.05) is 12.1 Å². The Labute approximate surface area is 129 Å². The number of sulfonamides is 1. The van der Waals surface area contributed by atoms with Crippen molar-refractivity contribution in [3.63, 3.8) is 0 Å². The molecular weight excluding hydrogens is 308 g/mol. The molecule has 0 spiro atoms. The monoisotopic (exact) mass is 322 g/mol. The Balaban J connectivity index is 1.98. The molecule has 1 heterocycles.